The quantitative estimate of drug-likeness (QED) is 0.175. The van der Waals surface area contributed by atoms with E-state index in [1.54, 1.807) is 25.6 Å². The standard InChI is InChI=1S/C21H38N4O7S/c1-11(2)10-15(24-18(28)13(22)8-9-33-5)19(29)25-17(12(3)4)20(30)23-14(21(31)32)6-7-16(26)27/h11-15,17H,6-10,22H2,1-5H3,(H,23,30)(H,24,28)(H,25,29)(H,26,27)(H,31,32). The SMILES string of the molecule is CSCCC(N)C(=O)NC(CC(C)C)C(=O)NC(C(=O)NC(CCC(=O)O)C(=O)O)C(C)C. The summed E-state index contributed by atoms with van der Waals surface area (Å²) in [6.07, 6.45) is 1.93. The van der Waals surface area contributed by atoms with Gasteiger partial charge < -0.3 is 31.9 Å². The monoisotopic (exact) mass is 490 g/mol. The van der Waals surface area contributed by atoms with E-state index in [2.05, 4.69) is 16.0 Å². The molecule has 11 nitrogen and oxygen atoms in total. The highest BCUT2D eigenvalue weighted by atomic mass is 32.2. The molecule has 0 aromatic carbocycles. The number of thioether (sulfide) groups is 1. The van der Waals surface area contributed by atoms with Crippen LogP contribution in [0.15, 0.2) is 0 Å². The zero-order valence-electron chi connectivity index (χ0n) is 19.9. The molecule has 0 aliphatic heterocycles. The van der Waals surface area contributed by atoms with Crippen LogP contribution in [-0.4, -0.2) is 76.0 Å². The van der Waals surface area contributed by atoms with E-state index in [9.17, 15) is 29.1 Å². The molecule has 7 N–H and O–H groups in total. The maximum atomic E-state index is 13.0. The number of hydrogen-bond acceptors (Lipinski definition) is 7. The fraction of sp³-hybridized carbons (Fsp3) is 0.762. The number of carboxylic acid groups (broad SMARTS) is 2. The van der Waals surface area contributed by atoms with Crippen molar-refractivity contribution >= 4 is 41.4 Å². The Morgan fingerprint density at radius 3 is 1.88 bits per heavy atom. The van der Waals surface area contributed by atoms with Gasteiger partial charge >= 0.3 is 11.9 Å². The van der Waals surface area contributed by atoms with Crippen molar-refractivity contribution in [3.63, 3.8) is 0 Å². The second-order valence-electron chi connectivity index (χ2n) is 8.64. The summed E-state index contributed by atoms with van der Waals surface area (Å²) in [4.78, 5) is 60.3. The number of carboxylic acids is 2. The van der Waals surface area contributed by atoms with Crippen LogP contribution in [0.3, 0.4) is 0 Å². The molecule has 12 heteroatoms. The van der Waals surface area contributed by atoms with Crippen molar-refractivity contribution in [2.24, 2.45) is 17.6 Å². The first-order valence-electron chi connectivity index (χ1n) is 10.9. The minimum absolute atomic E-state index is 0.0576. The molecule has 0 saturated heterocycles. The molecular formula is C21H38N4O7S. The second kappa shape index (κ2) is 15.5. The molecule has 0 heterocycles. The summed E-state index contributed by atoms with van der Waals surface area (Å²) in [6.45, 7) is 7.11. The Morgan fingerprint density at radius 1 is 0.848 bits per heavy atom. The summed E-state index contributed by atoms with van der Waals surface area (Å²) in [5.74, 6) is -4.00. The lowest BCUT2D eigenvalue weighted by molar-refractivity contribution is -0.143. The summed E-state index contributed by atoms with van der Waals surface area (Å²) in [5, 5.41) is 25.6. The Morgan fingerprint density at radius 2 is 1.42 bits per heavy atom. The molecule has 33 heavy (non-hydrogen) atoms. The smallest absolute Gasteiger partial charge is 0.326 e. The molecule has 0 fully saturated rings. The molecule has 190 valence electrons. The number of rotatable bonds is 16. The van der Waals surface area contributed by atoms with Gasteiger partial charge in [0.25, 0.3) is 0 Å². The molecule has 0 radical (unpaired) electrons. The van der Waals surface area contributed by atoms with Crippen molar-refractivity contribution in [2.75, 3.05) is 12.0 Å². The third kappa shape index (κ3) is 12.5. The molecule has 0 bridgehead atoms. The highest BCUT2D eigenvalue weighted by Gasteiger charge is 2.32. The predicted molar refractivity (Wildman–Crippen MR) is 126 cm³/mol. The third-order valence-electron chi connectivity index (χ3n) is 4.82. The molecule has 0 aliphatic rings. The largest absolute Gasteiger partial charge is 0.481 e. The Hall–Kier alpha value is -2.34. The lowest BCUT2D eigenvalue weighted by Crippen LogP contribution is -2.58. The number of hydrogen-bond donors (Lipinski definition) is 6. The van der Waals surface area contributed by atoms with Crippen molar-refractivity contribution in [3.8, 4) is 0 Å². The highest BCUT2D eigenvalue weighted by Crippen LogP contribution is 2.10. The van der Waals surface area contributed by atoms with E-state index >= 15 is 0 Å². The molecule has 0 saturated carbocycles. The first-order chi connectivity index (χ1) is 15.3. The number of nitrogens with two attached hydrogens (primary N) is 1. The van der Waals surface area contributed by atoms with Gasteiger partial charge in [0.1, 0.15) is 18.1 Å². The van der Waals surface area contributed by atoms with Crippen LogP contribution in [0.25, 0.3) is 0 Å². The maximum absolute atomic E-state index is 13.0. The molecule has 0 rings (SSSR count). The molecule has 0 aromatic heterocycles. The minimum Gasteiger partial charge on any atom is -0.481 e. The molecular weight excluding hydrogens is 452 g/mol. The van der Waals surface area contributed by atoms with Gasteiger partial charge in [-0.3, -0.25) is 19.2 Å². The lowest BCUT2D eigenvalue weighted by atomic mass is 9.99. The fourth-order valence-electron chi connectivity index (χ4n) is 2.93. The summed E-state index contributed by atoms with van der Waals surface area (Å²) >= 11 is 1.55. The maximum Gasteiger partial charge on any atom is 0.326 e. The number of aliphatic carboxylic acids is 2. The lowest BCUT2D eigenvalue weighted by Gasteiger charge is -2.27. The van der Waals surface area contributed by atoms with E-state index in [4.69, 9.17) is 10.8 Å². The summed E-state index contributed by atoms with van der Waals surface area (Å²) in [5.41, 5.74) is 5.89. The highest BCUT2D eigenvalue weighted by molar-refractivity contribution is 7.98. The van der Waals surface area contributed by atoms with Crippen LogP contribution in [0.4, 0.5) is 0 Å². The van der Waals surface area contributed by atoms with Gasteiger partial charge in [-0.25, -0.2) is 4.79 Å². The van der Waals surface area contributed by atoms with E-state index in [0.29, 0.717) is 18.6 Å². The van der Waals surface area contributed by atoms with Crippen LogP contribution >= 0.6 is 11.8 Å². The minimum atomic E-state index is -1.41. The van der Waals surface area contributed by atoms with E-state index in [1.807, 2.05) is 20.1 Å². The predicted octanol–water partition coefficient (Wildman–Crippen LogP) is 0.173. The average Bonchev–Trinajstić information content (AvgIpc) is 2.71. The molecule has 4 unspecified atom stereocenters. The number of amides is 3. The van der Waals surface area contributed by atoms with Crippen molar-refractivity contribution in [3.05, 3.63) is 0 Å². The van der Waals surface area contributed by atoms with Gasteiger partial charge in [-0.2, -0.15) is 11.8 Å². The Labute approximate surface area is 199 Å². The number of nitrogens with one attached hydrogen (secondary N) is 3. The van der Waals surface area contributed by atoms with E-state index in [0.717, 1.165) is 0 Å². The normalized spacial score (nSPS) is 14.8. The summed E-state index contributed by atoms with van der Waals surface area (Å²) in [6, 6.07) is -4.18. The van der Waals surface area contributed by atoms with Crippen molar-refractivity contribution in [1.82, 2.24) is 16.0 Å². The summed E-state index contributed by atoms with van der Waals surface area (Å²) in [7, 11) is 0. The Balaban J connectivity index is 5.37. The molecule has 4 atom stereocenters. The van der Waals surface area contributed by atoms with E-state index in [-0.39, 0.29) is 12.3 Å². The molecule has 3 amide bonds. The Kier molecular flexibility index (Phi) is 14.4. The van der Waals surface area contributed by atoms with Gasteiger partial charge in [0.05, 0.1) is 6.04 Å². The first kappa shape index (κ1) is 30.7. The topological polar surface area (TPSA) is 188 Å². The van der Waals surface area contributed by atoms with Gasteiger partial charge in [0.15, 0.2) is 0 Å². The van der Waals surface area contributed by atoms with E-state index < -0.39 is 66.2 Å². The van der Waals surface area contributed by atoms with Crippen molar-refractivity contribution in [1.29, 1.82) is 0 Å². The molecule has 0 aliphatic carbocycles. The van der Waals surface area contributed by atoms with Crippen LogP contribution in [0, 0.1) is 11.8 Å². The average molecular weight is 491 g/mol. The van der Waals surface area contributed by atoms with Gasteiger partial charge in [0, 0.05) is 6.42 Å². The summed E-state index contributed by atoms with van der Waals surface area (Å²) < 4.78 is 0. The van der Waals surface area contributed by atoms with Gasteiger partial charge in [-0.05, 0) is 43.1 Å². The van der Waals surface area contributed by atoms with Crippen molar-refractivity contribution < 1.29 is 34.2 Å². The Bertz CT molecular complexity index is 688. The zero-order chi connectivity index (χ0) is 25.7. The van der Waals surface area contributed by atoms with Gasteiger partial charge in [0.2, 0.25) is 17.7 Å². The number of carbonyl (C=O) groups is 5. The second-order valence-corrected chi connectivity index (χ2v) is 9.63. The molecule has 0 aromatic rings. The zero-order valence-corrected chi connectivity index (χ0v) is 20.7. The first-order valence-corrected chi connectivity index (χ1v) is 12.3. The fourth-order valence-corrected chi connectivity index (χ4v) is 3.42. The third-order valence-corrected chi connectivity index (χ3v) is 5.46. The van der Waals surface area contributed by atoms with Crippen LogP contribution in [0.5, 0.6) is 0 Å². The van der Waals surface area contributed by atoms with Crippen LogP contribution in [0.1, 0.15) is 53.4 Å². The van der Waals surface area contributed by atoms with Crippen LogP contribution in [-0.2, 0) is 24.0 Å². The van der Waals surface area contributed by atoms with Gasteiger partial charge in [-0.1, -0.05) is 27.7 Å². The van der Waals surface area contributed by atoms with Crippen LogP contribution < -0.4 is 21.7 Å². The number of carbonyl (C=O) groups excluding carboxylic acids is 3. The van der Waals surface area contributed by atoms with E-state index in [1.165, 1.54) is 0 Å². The van der Waals surface area contributed by atoms with Crippen LogP contribution in [0.2, 0.25) is 0 Å². The van der Waals surface area contributed by atoms with Gasteiger partial charge in [-0.15, -0.1) is 0 Å². The van der Waals surface area contributed by atoms with Crippen molar-refractivity contribution in [2.45, 2.75) is 77.5 Å². The molecule has 0 spiro atoms.